The molecule has 1 aliphatic heterocycles. The first-order valence-corrected chi connectivity index (χ1v) is 8.61. The molecule has 2 aromatic rings. The van der Waals surface area contributed by atoms with Crippen LogP contribution in [0.3, 0.4) is 0 Å². The summed E-state index contributed by atoms with van der Waals surface area (Å²) in [4.78, 5) is 36.6. The van der Waals surface area contributed by atoms with Crippen LogP contribution in [0.5, 0.6) is 0 Å². The van der Waals surface area contributed by atoms with Crippen molar-refractivity contribution in [1.29, 1.82) is 0 Å². The molecule has 0 aromatic heterocycles. The largest absolute Gasteiger partial charge is 0.480 e. The molecule has 1 heterocycles. The van der Waals surface area contributed by atoms with Gasteiger partial charge in [0.1, 0.15) is 12.6 Å². The number of benzene rings is 2. The smallest absolute Gasteiger partial charge is 0.335 e. The van der Waals surface area contributed by atoms with Gasteiger partial charge in [0.25, 0.3) is 0 Å². The average Bonchev–Trinajstić information content (AvgIpc) is 2.77. The molecule has 0 fully saturated rings. The first-order valence-electron chi connectivity index (χ1n) is 8.61. The molecule has 0 saturated heterocycles. The minimum absolute atomic E-state index is 0.113. The second-order valence-electron chi connectivity index (χ2n) is 6.49. The minimum Gasteiger partial charge on any atom is -0.480 e. The van der Waals surface area contributed by atoms with E-state index in [1.165, 1.54) is 17.0 Å². The van der Waals surface area contributed by atoms with Gasteiger partial charge in [-0.05, 0) is 36.1 Å². The maximum absolute atomic E-state index is 12.9. The summed E-state index contributed by atoms with van der Waals surface area (Å²) in [6.07, 6.45) is 1.11. The lowest BCUT2D eigenvalue weighted by Gasteiger charge is -2.23. The summed E-state index contributed by atoms with van der Waals surface area (Å²) in [6, 6.07) is 13.6. The molecular weight excluding hydrogens is 348 g/mol. The molecule has 2 aromatic carbocycles. The van der Waals surface area contributed by atoms with Crippen LogP contribution in [0.2, 0.25) is 0 Å². The summed E-state index contributed by atoms with van der Waals surface area (Å²) >= 11 is 0. The molecule has 0 unspecified atom stereocenters. The second kappa shape index (κ2) is 7.90. The van der Waals surface area contributed by atoms with Crippen molar-refractivity contribution in [2.45, 2.75) is 25.4 Å². The van der Waals surface area contributed by atoms with E-state index in [1.54, 1.807) is 6.07 Å². The predicted molar refractivity (Wildman–Crippen MR) is 98.6 cm³/mol. The number of amides is 1. The molecular formula is C20H20N2O5. The third-order valence-corrected chi connectivity index (χ3v) is 4.55. The summed E-state index contributed by atoms with van der Waals surface area (Å²) in [7, 11) is 0. The number of fused-ring (bicyclic) bond motifs is 1. The van der Waals surface area contributed by atoms with E-state index in [0.29, 0.717) is 24.1 Å². The molecule has 0 spiro atoms. The lowest BCUT2D eigenvalue weighted by atomic mass is 10.0. The molecule has 1 aliphatic rings. The van der Waals surface area contributed by atoms with Crippen molar-refractivity contribution in [2.75, 3.05) is 11.9 Å². The van der Waals surface area contributed by atoms with E-state index < -0.39 is 24.5 Å². The quantitative estimate of drug-likeness (QED) is 0.722. The van der Waals surface area contributed by atoms with Crippen LogP contribution in [0.25, 0.3) is 0 Å². The standard InChI is InChI=1S/C20H20N2O5/c23-18(24)12-22-11-15-8-7-14(20(26)27)10-17(15)21-16(19(22)25)9-6-13-4-2-1-3-5-13/h1-5,7-8,10,16,21H,6,9,11-12H2,(H,23,24)(H,26,27)/t16-/m1/s1. The molecule has 7 nitrogen and oxygen atoms in total. The number of carbonyl (C=O) groups excluding carboxylic acids is 1. The molecule has 27 heavy (non-hydrogen) atoms. The third kappa shape index (κ3) is 4.44. The number of aryl methyl sites for hydroxylation is 1. The molecule has 0 saturated carbocycles. The topological polar surface area (TPSA) is 107 Å². The Morgan fingerprint density at radius 3 is 2.52 bits per heavy atom. The predicted octanol–water partition coefficient (Wildman–Crippen LogP) is 2.22. The number of carboxylic acid groups (broad SMARTS) is 2. The van der Waals surface area contributed by atoms with Crippen molar-refractivity contribution in [3.63, 3.8) is 0 Å². The molecule has 1 amide bonds. The van der Waals surface area contributed by atoms with Gasteiger partial charge in [-0.15, -0.1) is 0 Å². The van der Waals surface area contributed by atoms with Gasteiger partial charge in [-0.25, -0.2) is 4.79 Å². The Balaban J connectivity index is 1.88. The molecule has 1 atom stereocenters. The number of rotatable bonds is 6. The number of nitrogens with zero attached hydrogens (tertiary/aromatic N) is 1. The molecule has 3 rings (SSSR count). The highest BCUT2D eigenvalue weighted by Crippen LogP contribution is 2.26. The van der Waals surface area contributed by atoms with Gasteiger partial charge in [-0.1, -0.05) is 36.4 Å². The number of aromatic carboxylic acids is 1. The number of nitrogens with one attached hydrogen (secondary N) is 1. The molecule has 3 N–H and O–H groups in total. The summed E-state index contributed by atoms with van der Waals surface area (Å²) < 4.78 is 0. The molecule has 0 bridgehead atoms. The van der Waals surface area contributed by atoms with Crippen LogP contribution in [0.15, 0.2) is 48.5 Å². The van der Waals surface area contributed by atoms with Crippen molar-refractivity contribution in [1.82, 2.24) is 4.90 Å². The SMILES string of the molecule is O=C(O)CN1Cc2ccc(C(=O)O)cc2N[C@H](CCc2ccccc2)C1=O. The Hall–Kier alpha value is -3.35. The number of carbonyl (C=O) groups is 3. The third-order valence-electron chi connectivity index (χ3n) is 4.55. The Kier molecular flexibility index (Phi) is 5.40. The number of hydrogen-bond acceptors (Lipinski definition) is 4. The van der Waals surface area contributed by atoms with Crippen LogP contribution >= 0.6 is 0 Å². The van der Waals surface area contributed by atoms with Crippen LogP contribution < -0.4 is 5.32 Å². The highest BCUT2D eigenvalue weighted by molar-refractivity contribution is 5.92. The van der Waals surface area contributed by atoms with Crippen molar-refractivity contribution in [3.8, 4) is 0 Å². The lowest BCUT2D eigenvalue weighted by Crippen LogP contribution is -2.43. The van der Waals surface area contributed by atoms with Crippen LogP contribution in [0.4, 0.5) is 5.69 Å². The summed E-state index contributed by atoms with van der Waals surface area (Å²) in [5, 5.41) is 21.5. The van der Waals surface area contributed by atoms with Gasteiger partial charge in [0, 0.05) is 12.2 Å². The first-order chi connectivity index (χ1) is 12.9. The van der Waals surface area contributed by atoms with Crippen LogP contribution in [0, 0.1) is 0 Å². The first kappa shape index (κ1) is 18.4. The fraction of sp³-hybridized carbons (Fsp3) is 0.250. The van der Waals surface area contributed by atoms with Crippen LogP contribution in [-0.2, 0) is 22.6 Å². The monoisotopic (exact) mass is 368 g/mol. The Morgan fingerprint density at radius 1 is 1.11 bits per heavy atom. The maximum atomic E-state index is 12.9. The van der Waals surface area contributed by atoms with Gasteiger partial charge < -0.3 is 20.4 Å². The molecule has 7 heteroatoms. The highest BCUT2D eigenvalue weighted by Gasteiger charge is 2.30. The average molecular weight is 368 g/mol. The van der Waals surface area contributed by atoms with Gasteiger partial charge in [-0.2, -0.15) is 0 Å². The zero-order chi connectivity index (χ0) is 19.4. The summed E-state index contributed by atoms with van der Waals surface area (Å²) in [5.41, 5.74) is 2.42. The fourth-order valence-corrected chi connectivity index (χ4v) is 3.18. The molecule has 140 valence electrons. The van der Waals surface area contributed by atoms with E-state index in [2.05, 4.69) is 5.32 Å². The van der Waals surface area contributed by atoms with Crippen molar-refractivity contribution in [3.05, 3.63) is 65.2 Å². The normalized spacial score (nSPS) is 16.2. The van der Waals surface area contributed by atoms with Gasteiger partial charge >= 0.3 is 11.9 Å². The van der Waals surface area contributed by atoms with Crippen LogP contribution in [-0.4, -0.2) is 45.5 Å². The van der Waals surface area contributed by atoms with Gasteiger partial charge in [0.05, 0.1) is 5.56 Å². The summed E-state index contributed by atoms with van der Waals surface area (Å²) in [6.45, 7) is -0.280. The van der Waals surface area contributed by atoms with E-state index in [1.807, 2.05) is 30.3 Å². The van der Waals surface area contributed by atoms with E-state index in [-0.39, 0.29) is 18.0 Å². The molecule has 0 aliphatic carbocycles. The van der Waals surface area contributed by atoms with Gasteiger partial charge in [0.2, 0.25) is 5.91 Å². The van der Waals surface area contributed by atoms with Crippen molar-refractivity contribution >= 4 is 23.5 Å². The number of anilines is 1. The van der Waals surface area contributed by atoms with Crippen molar-refractivity contribution < 1.29 is 24.6 Å². The Bertz CT molecular complexity index is 866. The van der Waals surface area contributed by atoms with Crippen molar-refractivity contribution in [2.24, 2.45) is 0 Å². The Labute approximate surface area is 156 Å². The van der Waals surface area contributed by atoms with Gasteiger partial charge in [0.15, 0.2) is 0 Å². The van der Waals surface area contributed by atoms with E-state index in [9.17, 15) is 19.5 Å². The number of carboxylic acids is 2. The Morgan fingerprint density at radius 2 is 1.85 bits per heavy atom. The highest BCUT2D eigenvalue weighted by atomic mass is 16.4. The van der Waals surface area contributed by atoms with Crippen LogP contribution in [0.1, 0.15) is 27.9 Å². The molecule has 0 radical (unpaired) electrons. The zero-order valence-corrected chi connectivity index (χ0v) is 14.6. The minimum atomic E-state index is -1.09. The van der Waals surface area contributed by atoms with E-state index in [0.717, 1.165) is 5.56 Å². The number of aliphatic carboxylic acids is 1. The van der Waals surface area contributed by atoms with E-state index >= 15 is 0 Å². The maximum Gasteiger partial charge on any atom is 0.335 e. The lowest BCUT2D eigenvalue weighted by molar-refractivity contribution is -0.145. The van der Waals surface area contributed by atoms with E-state index in [4.69, 9.17) is 5.11 Å². The fourth-order valence-electron chi connectivity index (χ4n) is 3.18. The van der Waals surface area contributed by atoms with Gasteiger partial charge in [-0.3, -0.25) is 9.59 Å². The second-order valence-corrected chi connectivity index (χ2v) is 6.49. The zero-order valence-electron chi connectivity index (χ0n) is 14.6. The number of hydrogen-bond donors (Lipinski definition) is 3. The summed E-state index contributed by atoms with van der Waals surface area (Å²) in [5.74, 6) is -2.45.